The zero-order chi connectivity index (χ0) is 21.5. The van der Waals surface area contributed by atoms with Crippen molar-refractivity contribution >= 4 is 5.96 Å². The van der Waals surface area contributed by atoms with Gasteiger partial charge in [-0.3, -0.25) is 9.89 Å². The Morgan fingerprint density at radius 2 is 1.94 bits per heavy atom. The van der Waals surface area contributed by atoms with Crippen molar-refractivity contribution in [1.82, 2.24) is 15.5 Å². The second kappa shape index (κ2) is 10.8. The lowest BCUT2D eigenvalue weighted by molar-refractivity contribution is -0.0265. The van der Waals surface area contributed by atoms with E-state index in [1.807, 2.05) is 13.1 Å². The maximum atomic E-state index is 6.18. The van der Waals surface area contributed by atoms with E-state index < -0.39 is 0 Å². The van der Waals surface area contributed by atoms with Crippen LogP contribution in [0.5, 0.6) is 0 Å². The maximum absolute atomic E-state index is 6.18. The topological polar surface area (TPSA) is 62.0 Å². The van der Waals surface area contributed by atoms with Crippen LogP contribution >= 0.6 is 0 Å². The second-order valence-electron chi connectivity index (χ2n) is 8.71. The number of benzene rings is 1. The van der Waals surface area contributed by atoms with Crippen LogP contribution in [-0.2, 0) is 4.74 Å². The summed E-state index contributed by atoms with van der Waals surface area (Å²) in [4.78, 5) is 6.97. The third kappa shape index (κ3) is 5.69. The summed E-state index contributed by atoms with van der Waals surface area (Å²) >= 11 is 0. The zero-order valence-electron chi connectivity index (χ0n) is 18.8. The molecule has 6 nitrogen and oxygen atoms in total. The Balaban J connectivity index is 1.34. The van der Waals surface area contributed by atoms with Gasteiger partial charge in [-0.05, 0) is 63.4 Å². The highest BCUT2D eigenvalue weighted by Crippen LogP contribution is 2.33. The van der Waals surface area contributed by atoms with Gasteiger partial charge in [0.25, 0.3) is 0 Å². The molecule has 2 saturated heterocycles. The first-order valence-corrected chi connectivity index (χ1v) is 11.6. The summed E-state index contributed by atoms with van der Waals surface area (Å²) in [6, 6.07) is 13.0. The molecule has 1 aromatic carbocycles. The number of nitrogens with one attached hydrogen (secondary N) is 2. The Morgan fingerprint density at radius 3 is 2.65 bits per heavy atom. The van der Waals surface area contributed by atoms with E-state index in [1.165, 1.54) is 24.0 Å². The molecule has 0 spiro atoms. The number of hydrogen-bond donors (Lipinski definition) is 2. The second-order valence-corrected chi connectivity index (χ2v) is 8.71. The van der Waals surface area contributed by atoms with Crippen LogP contribution < -0.4 is 10.6 Å². The highest BCUT2D eigenvalue weighted by Gasteiger charge is 2.28. The molecule has 3 heterocycles. The van der Waals surface area contributed by atoms with E-state index >= 15 is 0 Å². The minimum Gasteiger partial charge on any atom is -0.468 e. The fourth-order valence-corrected chi connectivity index (χ4v) is 4.76. The van der Waals surface area contributed by atoms with Gasteiger partial charge in [0, 0.05) is 32.7 Å². The van der Waals surface area contributed by atoms with E-state index in [2.05, 4.69) is 57.8 Å². The van der Waals surface area contributed by atoms with Gasteiger partial charge >= 0.3 is 0 Å². The first-order chi connectivity index (χ1) is 15.2. The number of hydrogen-bond acceptors (Lipinski definition) is 4. The third-order valence-electron chi connectivity index (χ3n) is 6.52. The van der Waals surface area contributed by atoms with Crippen LogP contribution in [0.3, 0.4) is 0 Å². The van der Waals surface area contributed by atoms with Crippen molar-refractivity contribution in [2.75, 3.05) is 39.8 Å². The summed E-state index contributed by atoms with van der Waals surface area (Å²) in [5.41, 5.74) is 2.55. The van der Waals surface area contributed by atoms with Gasteiger partial charge in [-0.25, -0.2) is 0 Å². The van der Waals surface area contributed by atoms with E-state index in [1.54, 1.807) is 6.26 Å². The molecule has 31 heavy (non-hydrogen) atoms. The summed E-state index contributed by atoms with van der Waals surface area (Å²) in [5.74, 6) is 2.28. The Morgan fingerprint density at radius 1 is 1.13 bits per heavy atom. The number of aryl methyl sites for hydroxylation is 1. The van der Waals surface area contributed by atoms with E-state index in [-0.39, 0.29) is 12.1 Å². The average Bonchev–Trinajstić information content (AvgIpc) is 3.52. The molecule has 0 amide bonds. The molecule has 4 rings (SSSR count). The van der Waals surface area contributed by atoms with Crippen molar-refractivity contribution in [2.24, 2.45) is 10.9 Å². The minimum absolute atomic E-state index is 0.139. The standard InChI is InChI=1S/C25H36N4O2/c1-19-9-11-20(12-10-19)24-21(7-5-16-31-24)17-27-25(26-2)28-18-22(23-8-6-15-30-23)29-13-3-4-14-29/h6,8-12,15,21-22,24H,3-5,7,13-14,16-18H2,1-2H3,(H2,26,27,28). The van der Waals surface area contributed by atoms with Crippen molar-refractivity contribution < 1.29 is 9.15 Å². The molecule has 0 aliphatic carbocycles. The fraction of sp³-hybridized carbons (Fsp3) is 0.560. The quantitative estimate of drug-likeness (QED) is 0.518. The SMILES string of the molecule is CN=C(NCC1CCCOC1c1ccc(C)cc1)NCC(c1ccco1)N1CCCC1. The highest BCUT2D eigenvalue weighted by atomic mass is 16.5. The molecule has 2 N–H and O–H groups in total. The average molecular weight is 425 g/mol. The summed E-state index contributed by atoms with van der Waals surface area (Å²) in [5, 5.41) is 7.08. The van der Waals surface area contributed by atoms with E-state index in [0.29, 0.717) is 5.92 Å². The molecule has 3 unspecified atom stereocenters. The number of furan rings is 1. The Kier molecular flexibility index (Phi) is 7.65. The van der Waals surface area contributed by atoms with Gasteiger partial charge in [0.1, 0.15) is 5.76 Å². The monoisotopic (exact) mass is 424 g/mol. The van der Waals surface area contributed by atoms with Crippen LogP contribution in [0.15, 0.2) is 52.1 Å². The number of guanidine groups is 1. The van der Waals surface area contributed by atoms with Gasteiger partial charge in [-0.2, -0.15) is 0 Å². The van der Waals surface area contributed by atoms with Crippen LogP contribution in [0.4, 0.5) is 0 Å². The number of rotatable bonds is 7. The predicted molar refractivity (Wildman–Crippen MR) is 124 cm³/mol. The van der Waals surface area contributed by atoms with Crippen molar-refractivity contribution in [2.45, 2.75) is 44.8 Å². The van der Waals surface area contributed by atoms with E-state index in [0.717, 1.165) is 57.3 Å². The molecule has 2 aromatic rings. The van der Waals surface area contributed by atoms with Gasteiger partial charge in [0.05, 0.1) is 18.4 Å². The minimum atomic E-state index is 0.139. The number of nitrogens with zero attached hydrogens (tertiary/aromatic N) is 2. The van der Waals surface area contributed by atoms with Crippen LogP contribution in [0.1, 0.15) is 54.7 Å². The first kappa shape index (κ1) is 21.9. The summed E-state index contributed by atoms with van der Waals surface area (Å²) in [6.45, 7) is 6.82. The molecule has 3 atom stereocenters. The molecule has 0 saturated carbocycles. The summed E-state index contributed by atoms with van der Waals surface area (Å²) in [7, 11) is 1.84. The lowest BCUT2D eigenvalue weighted by Gasteiger charge is -2.33. The lowest BCUT2D eigenvalue weighted by atomic mass is 9.89. The zero-order valence-corrected chi connectivity index (χ0v) is 18.8. The predicted octanol–water partition coefficient (Wildman–Crippen LogP) is 4.06. The molecule has 0 bridgehead atoms. The Hall–Kier alpha value is -2.31. The normalized spacial score (nSPS) is 23.6. The highest BCUT2D eigenvalue weighted by molar-refractivity contribution is 5.79. The van der Waals surface area contributed by atoms with Crippen molar-refractivity contribution in [3.05, 3.63) is 59.5 Å². The Labute approximate surface area is 186 Å². The molecule has 2 aliphatic heterocycles. The van der Waals surface area contributed by atoms with Crippen LogP contribution in [0.2, 0.25) is 0 Å². The number of likely N-dealkylation sites (tertiary alicyclic amines) is 1. The van der Waals surface area contributed by atoms with Gasteiger partial charge in [-0.1, -0.05) is 29.8 Å². The number of aliphatic imine (C=N–C) groups is 1. The van der Waals surface area contributed by atoms with Gasteiger partial charge in [0.2, 0.25) is 0 Å². The van der Waals surface area contributed by atoms with E-state index in [9.17, 15) is 0 Å². The molecule has 6 heteroatoms. The van der Waals surface area contributed by atoms with Gasteiger partial charge in [0.15, 0.2) is 5.96 Å². The van der Waals surface area contributed by atoms with Crippen molar-refractivity contribution in [3.63, 3.8) is 0 Å². The Bertz CT molecular complexity index is 813. The molecular weight excluding hydrogens is 388 g/mol. The van der Waals surface area contributed by atoms with Crippen LogP contribution in [-0.4, -0.2) is 50.7 Å². The van der Waals surface area contributed by atoms with Gasteiger partial charge in [-0.15, -0.1) is 0 Å². The maximum Gasteiger partial charge on any atom is 0.191 e. The molecule has 168 valence electrons. The summed E-state index contributed by atoms with van der Waals surface area (Å²) in [6.07, 6.45) is 6.68. The lowest BCUT2D eigenvalue weighted by Crippen LogP contribution is -2.45. The van der Waals surface area contributed by atoms with Crippen molar-refractivity contribution in [3.8, 4) is 0 Å². The largest absolute Gasteiger partial charge is 0.468 e. The third-order valence-corrected chi connectivity index (χ3v) is 6.52. The molecule has 0 radical (unpaired) electrons. The molecule has 2 aliphatic rings. The molecule has 1 aromatic heterocycles. The van der Waals surface area contributed by atoms with Crippen LogP contribution in [0, 0.1) is 12.8 Å². The smallest absolute Gasteiger partial charge is 0.191 e. The van der Waals surface area contributed by atoms with Gasteiger partial charge < -0.3 is 19.8 Å². The van der Waals surface area contributed by atoms with Crippen molar-refractivity contribution in [1.29, 1.82) is 0 Å². The fourth-order valence-electron chi connectivity index (χ4n) is 4.76. The summed E-state index contributed by atoms with van der Waals surface area (Å²) < 4.78 is 11.9. The van der Waals surface area contributed by atoms with Crippen LogP contribution in [0.25, 0.3) is 0 Å². The van der Waals surface area contributed by atoms with E-state index in [4.69, 9.17) is 9.15 Å². The number of ether oxygens (including phenoxy) is 1. The first-order valence-electron chi connectivity index (χ1n) is 11.6. The molecule has 2 fully saturated rings. The molecular formula is C25H36N4O2.